The highest BCUT2D eigenvalue weighted by atomic mass is 16.6. The maximum absolute atomic E-state index is 10.3. The first-order chi connectivity index (χ1) is 7.80. The average Bonchev–Trinajstić information content (AvgIpc) is 2.40. The van der Waals surface area contributed by atoms with Crippen LogP contribution >= 0.6 is 0 Å². The number of hydrogen-bond acceptors (Lipinski definition) is 5. The zero-order valence-corrected chi connectivity index (χ0v) is 10.7. The minimum Gasteiger partial charge on any atom is -0.288 e. The predicted molar refractivity (Wildman–Crippen MR) is 64.9 cm³/mol. The Balaban J connectivity index is 2.55. The molecule has 0 amide bonds. The lowest BCUT2D eigenvalue weighted by molar-refractivity contribution is -0.125. The van der Waals surface area contributed by atoms with Crippen LogP contribution in [0.25, 0.3) is 0 Å². The smallest absolute Gasteiger partial charge is 0.162 e. The van der Waals surface area contributed by atoms with Crippen LogP contribution in [-0.2, 0) is 0 Å². The van der Waals surface area contributed by atoms with Crippen molar-refractivity contribution in [1.82, 2.24) is 10.1 Å². The Kier molecular flexibility index (Phi) is 2.56. The van der Waals surface area contributed by atoms with Crippen LogP contribution in [0.2, 0.25) is 0 Å². The molecule has 17 heavy (non-hydrogen) atoms. The van der Waals surface area contributed by atoms with Crippen LogP contribution in [-0.4, -0.2) is 44.4 Å². The van der Waals surface area contributed by atoms with Crippen LogP contribution in [0, 0.1) is 0 Å². The van der Waals surface area contributed by atoms with Gasteiger partial charge < -0.3 is 0 Å². The van der Waals surface area contributed by atoms with E-state index >= 15 is 0 Å². The Morgan fingerprint density at radius 2 is 1.65 bits per heavy atom. The highest BCUT2D eigenvalue weighted by Crippen LogP contribution is 2.44. The van der Waals surface area contributed by atoms with Gasteiger partial charge in [-0.25, -0.2) is 10.1 Å². The number of allylic oxidation sites excluding steroid dienone is 2. The van der Waals surface area contributed by atoms with E-state index in [4.69, 9.17) is 0 Å². The van der Waals surface area contributed by atoms with Crippen LogP contribution in [0.3, 0.4) is 0 Å². The quantitative estimate of drug-likeness (QED) is 0.674. The van der Waals surface area contributed by atoms with E-state index in [-0.39, 0.29) is 0 Å². The molecule has 0 aromatic carbocycles. The van der Waals surface area contributed by atoms with Crippen LogP contribution in [0.4, 0.5) is 0 Å². The third-order valence-electron chi connectivity index (χ3n) is 3.95. The monoisotopic (exact) mass is 237 g/mol. The second kappa shape index (κ2) is 3.58. The third kappa shape index (κ3) is 1.50. The van der Waals surface area contributed by atoms with Gasteiger partial charge in [-0.05, 0) is 27.7 Å². The summed E-state index contributed by atoms with van der Waals surface area (Å²) in [5.74, 6) is 0.375. The first-order valence-electron chi connectivity index (χ1n) is 5.69. The van der Waals surface area contributed by atoms with Gasteiger partial charge in [-0.15, -0.1) is 0 Å². The molecule has 5 heteroatoms. The lowest BCUT2D eigenvalue weighted by atomic mass is 9.84. The summed E-state index contributed by atoms with van der Waals surface area (Å²) in [7, 11) is 0. The summed E-state index contributed by atoms with van der Waals surface area (Å²) in [5, 5.41) is 22.7. The number of hydroxylamine groups is 4. The Hall–Kier alpha value is -1.33. The average molecular weight is 237 g/mol. The molecular weight excluding hydrogens is 218 g/mol. The molecule has 0 unspecified atom stereocenters. The molecule has 0 aromatic heterocycles. The molecule has 2 aliphatic heterocycles. The van der Waals surface area contributed by atoms with Crippen molar-refractivity contribution in [3.05, 3.63) is 23.5 Å². The number of aliphatic imine (C=N–C) groups is 1. The molecule has 0 aromatic rings. The van der Waals surface area contributed by atoms with Crippen molar-refractivity contribution < 1.29 is 10.4 Å². The molecule has 0 radical (unpaired) electrons. The van der Waals surface area contributed by atoms with Gasteiger partial charge >= 0.3 is 0 Å². The van der Waals surface area contributed by atoms with Gasteiger partial charge in [0.1, 0.15) is 0 Å². The molecule has 1 fully saturated rings. The lowest BCUT2D eigenvalue weighted by Crippen LogP contribution is -2.52. The summed E-state index contributed by atoms with van der Waals surface area (Å²) in [5.41, 5.74) is -0.480. The molecule has 2 N–H and O–H groups in total. The molecular formula is C12H19N3O2. The molecule has 0 spiro atoms. The van der Waals surface area contributed by atoms with Crippen molar-refractivity contribution in [3.63, 3.8) is 0 Å². The number of rotatable bonds is 0. The highest BCUT2D eigenvalue weighted by Gasteiger charge is 2.55. The summed E-state index contributed by atoms with van der Waals surface area (Å²) in [4.78, 5) is 4.12. The lowest BCUT2D eigenvalue weighted by Gasteiger charge is -2.37. The highest BCUT2D eigenvalue weighted by molar-refractivity contribution is 5.84. The van der Waals surface area contributed by atoms with E-state index < -0.39 is 11.1 Å². The fourth-order valence-electron chi connectivity index (χ4n) is 1.95. The van der Waals surface area contributed by atoms with E-state index in [2.05, 4.69) is 4.99 Å². The van der Waals surface area contributed by atoms with Crippen molar-refractivity contribution in [2.75, 3.05) is 6.54 Å². The molecule has 2 aliphatic rings. The van der Waals surface area contributed by atoms with Crippen molar-refractivity contribution in [2.24, 2.45) is 4.99 Å². The zero-order valence-electron chi connectivity index (χ0n) is 10.7. The molecule has 1 saturated heterocycles. The number of hydrogen-bond donors (Lipinski definition) is 2. The van der Waals surface area contributed by atoms with Crippen LogP contribution in [0.5, 0.6) is 0 Å². The van der Waals surface area contributed by atoms with E-state index in [1.54, 1.807) is 6.21 Å². The fourth-order valence-corrected chi connectivity index (χ4v) is 1.95. The van der Waals surface area contributed by atoms with E-state index in [9.17, 15) is 10.4 Å². The first kappa shape index (κ1) is 12.1. The molecule has 2 heterocycles. The number of nitrogens with zero attached hydrogens (tertiary/aromatic N) is 3. The molecule has 0 saturated carbocycles. The molecule has 94 valence electrons. The summed E-state index contributed by atoms with van der Waals surface area (Å²) in [6, 6.07) is 0. The van der Waals surface area contributed by atoms with Gasteiger partial charge in [0, 0.05) is 11.8 Å². The van der Waals surface area contributed by atoms with Gasteiger partial charge in [-0.1, -0.05) is 12.2 Å². The van der Waals surface area contributed by atoms with Gasteiger partial charge in [-0.2, -0.15) is 0 Å². The zero-order chi connectivity index (χ0) is 12.8. The maximum atomic E-state index is 10.3. The predicted octanol–water partition coefficient (Wildman–Crippen LogP) is 1.79. The standard InChI is InChI=1S/C12H19N3O2/c1-11(2)12(3,4)15(17)10(14(11)16)9-6-5-7-13-8-9/h5-6,8,16-17H,7H2,1-4H3. The molecule has 2 rings (SSSR count). The molecule has 0 aliphatic carbocycles. The number of dihydropyridines is 1. The van der Waals surface area contributed by atoms with E-state index in [1.807, 2.05) is 39.8 Å². The Morgan fingerprint density at radius 3 is 2.06 bits per heavy atom. The van der Waals surface area contributed by atoms with E-state index in [1.165, 1.54) is 0 Å². The summed E-state index contributed by atoms with van der Waals surface area (Å²) >= 11 is 0. The topological polar surface area (TPSA) is 59.3 Å². The summed E-state index contributed by atoms with van der Waals surface area (Å²) < 4.78 is 0. The maximum Gasteiger partial charge on any atom is 0.162 e. The first-order valence-corrected chi connectivity index (χ1v) is 5.69. The normalized spacial score (nSPS) is 26.0. The van der Waals surface area contributed by atoms with Crippen molar-refractivity contribution in [3.8, 4) is 0 Å². The Bertz CT molecular complexity index is 385. The summed E-state index contributed by atoms with van der Waals surface area (Å²) in [6.45, 7) is 8.17. The fraction of sp³-hybridized carbons (Fsp3) is 0.583. The Labute approximate surface area is 101 Å². The minimum absolute atomic E-state index is 0.375. The summed E-state index contributed by atoms with van der Waals surface area (Å²) in [6.07, 6.45) is 5.41. The van der Waals surface area contributed by atoms with Gasteiger partial charge in [0.25, 0.3) is 0 Å². The van der Waals surface area contributed by atoms with Gasteiger partial charge in [0.05, 0.1) is 17.6 Å². The minimum atomic E-state index is -0.594. The van der Waals surface area contributed by atoms with Crippen molar-refractivity contribution >= 4 is 6.21 Å². The van der Waals surface area contributed by atoms with Crippen molar-refractivity contribution in [1.29, 1.82) is 0 Å². The van der Waals surface area contributed by atoms with E-state index in [0.717, 1.165) is 10.1 Å². The van der Waals surface area contributed by atoms with Crippen LogP contribution in [0.15, 0.2) is 28.5 Å². The second-order valence-corrected chi connectivity index (χ2v) is 5.42. The molecule has 0 bridgehead atoms. The van der Waals surface area contributed by atoms with E-state index in [0.29, 0.717) is 17.9 Å². The van der Waals surface area contributed by atoms with Crippen LogP contribution < -0.4 is 0 Å². The van der Waals surface area contributed by atoms with Gasteiger partial charge in [0.15, 0.2) is 5.82 Å². The molecule has 0 atom stereocenters. The SMILES string of the molecule is CC1(C)N(O)C(=C2C=CCN=C2)N(O)C1(C)C. The molecule has 5 nitrogen and oxygen atoms in total. The van der Waals surface area contributed by atoms with Gasteiger partial charge in [0.2, 0.25) is 0 Å². The van der Waals surface area contributed by atoms with Gasteiger partial charge in [-0.3, -0.25) is 15.4 Å². The second-order valence-electron chi connectivity index (χ2n) is 5.42. The Morgan fingerprint density at radius 1 is 1.12 bits per heavy atom. The van der Waals surface area contributed by atoms with Crippen LogP contribution in [0.1, 0.15) is 27.7 Å². The largest absolute Gasteiger partial charge is 0.288 e. The van der Waals surface area contributed by atoms with Crippen molar-refractivity contribution in [2.45, 2.75) is 38.8 Å². The third-order valence-corrected chi connectivity index (χ3v) is 3.95.